The number of nitrogens with zero attached hydrogens (tertiary/aromatic N) is 2. The Morgan fingerprint density at radius 1 is 1.27 bits per heavy atom. The Bertz CT molecular complexity index is 1170. The van der Waals surface area contributed by atoms with Crippen LogP contribution in [0.2, 0.25) is 5.02 Å². The molecule has 0 bridgehead atoms. The van der Waals surface area contributed by atoms with Gasteiger partial charge in [-0.3, -0.25) is 4.79 Å². The van der Waals surface area contributed by atoms with Gasteiger partial charge in [-0.2, -0.15) is 0 Å². The highest BCUT2D eigenvalue weighted by Gasteiger charge is 2.33. The first kappa shape index (κ1) is 20.8. The van der Waals surface area contributed by atoms with Crippen molar-refractivity contribution in [3.05, 3.63) is 62.5 Å². The highest BCUT2D eigenvalue weighted by molar-refractivity contribution is 6.32. The fourth-order valence-electron chi connectivity index (χ4n) is 3.88. The van der Waals surface area contributed by atoms with Crippen molar-refractivity contribution in [2.45, 2.75) is 46.5 Å². The van der Waals surface area contributed by atoms with Gasteiger partial charge in [0.2, 0.25) is 5.88 Å². The Morgan fingerprint density at radius 2 is 2.03 bits per heavy atom. The maximum atomic E-state index is 13.0. The van der Waals surface area contributed by atoms with E-state index in [1.165, 1.54) is 0 Å². The lowest BCUT2D eigenvalue weighted by Crippen LogP contribution is -2.25. The second-order valence-corrected chi connectivity index (χ2v) is 8.52. The molecule has 1 atom stereocenters. The third kappa shape index (κ3) is 3.83. The summed E-state index contributed by atoms with van der Waals surface area (Å²) in [5, 5.41) is 1.03. The van der Waals surface area contributed by atoms with Crippen LogP contribution >= 0.6 is 11.6 Å². The number of ether oxygens (including phenoxy) is 3. The van der Waals surface area contributed by atoms with Gasteiger partial charge in [-0.05, 0) is 52.3 Å². The van der Waals surface area contributed by atoms with E-state index in [4.69, 9.17) is 25.8 Å². The zero-order valence-corrected chi connectivity index (χ0v) is 18.5. The smallest absolute Gasteiger partial charge is 0.227 e. The number of aromatic nitrogens is 2. The van der Waals surface area contributed by atoms with Crippen LogP contribution in [0.25, 0.3) is 16.6 Å². The molecule has 4 rings (SSSR count). The van der Waals surface area contributed by atoms with Gasteiger partial charge in [-0.1, -0.05) is 23.7 Å². The van der Waals surface area contributed by atoms with Gasteiger partial charge in [0, 0.05) is 17.5 Å². The van der Waals surface area contributed by atoms with Gasteiger partial charge in [0.25, 0.3) is 0 Å². The number of fused-ring (bicyclic) bond motifs is 1. The van der Waals surface area contributed by atoms with E-state index in [9.17, 15) is 4.79 Å². The summed E-state index contributed by atoms with van der Waals surface area (Å²) in [7, 11) is 0. The van der Waals surface area contributed by atoms with Crippen LogP contribution in [-0.2, 0) is 9.47 Å². The van der Waals surface area contributed by atoms with E-state index in [-0.39, 0.29) is 18.1 Å². The first-order chi connectivity index (χ1) is 14.2. The molecule has 30 heavy (non-hydrogen) atoms. The van der Waals surface area contributed by atoms with E-state index < -0.39 is 5.79 Å². The summed E-state index contributed by atoms with van der Waals surface area (Å²) in [5.74, 6) is -0.344. The summed E-state index contributed by atoms with van der Waals surface area (Å²) in [5.41, 5.74) is 3.94. The topological polar surface area (TPSA) is 62.6 Å². The second kappa shape index (κ2) is 7.69. The summed E-state index contributed by atoms with van der Waals surface area (Å²) >= 11 is 6.55. The van der Waals surface area contributed by atoms with E-state index in [0.717, 1.165) is 22.6 Å². The minimum absolute atomic E-state index is 0.144. The SMILES string of the molecule is Cc1cc2c(c(OCC3COC(C)(C)O3)n1)c(=O)cc(C)n2-c1c(C)cccc1Cl. The van der Waals surface area contributed by atoms with Crippen molar-refractivity contribution >= 4 is 22.5 Å². The molecule has 7 heteroatoms. The van der Waals surface area contributed by atoms with Crippen LogP contribution in [0.15, 0.2) is 35.1 Å². The van der Waals surface area contributed by atoms with Crippen molar-refractivity contribution < 1.29 is 14.2 Å². The molecular weight excluding hydrogens is 404 g/mol. The molecule has 0 radical (unpaired) electrons. The molecule has 3 heterocycles. The Morgan fingerprint density at radius 3 is 2.70 bits per heavy atom. The Balaban J connectivity index is 1.85. The Labute approximate surface area is 180 Å². The maximum Gasteiger partial charge on any atom is 0.227 e. The zero-order chi connectivity index (χ0) is 21.6. The number of benzene rings is 1. The molecule has 3 aromatic rings. The van der Waals surface area contributed by atoms with E-state index >= 15 is 0 Å². The lowest BCUT2D eigenvalue weighted by Gasteiger charge is -2.20. The number of aryl methyl sites for hydroxylation is 3. The van der Waals surface area contributed by atoms with Crippen LogP contribution in [0.4, 0.5) is 0 Å². The largest absolute Gasteiger partial charge is 0.474 e. The highest BCUT2D eigenvalue weighted by atomic mass is 35.5. The number of para-hydroxylation sites is 1. The molecule has 158 valence electrons. The van der Waals surface area contributed by atoms with Crippen molar-refractivity contribution in [1.29, 1.82) is 0 Å². The molecule has 2 aromatic heterocycles. The van der Waals surface area contributed by atoms with Crippen LogP contribution in [0, 0.1) is 20.8 Å². The third-order valence-corrected chi connectivity index (χ3v) is 5.46. The molecule has 1 saturated heterocycles. The molecule has 0 N–H and O–H groups in total. The number of rotatable bonds is 4. The van der Waals surface area contributed by atoms with Gasteiger partial charge in [-0.25, -0.2) is 4.98 Å². The Hall–Kier alpha value is -2.41. The van der Waals surface area contributed by atoms with Crippen molar-refractivity contribution in [3.63, 3.8) is 0 Å². The monoisotopic (exact) mass is 428 g/mol. The minimum atomic E-state index is -0.637. The van der Waals surface area contributed by atoms with Crippen LogP contribution in [-0.4, -0.2) is 34.7 Å². The van der Waals surface area contributed by atoms with Crippen LogP contribution < -0.4 is 10.2 Å². The van der Waals surface area contributed by atoms with Crippen molar-refractivity contribution in [3.8, 4) is 11.6 Å². The molecule has 1 unspecified atom stereocenters. The quantitative estimate of drug-likeness (QED) is 0.612. The first-order valence-electron chi connectivity index (χ1n) is 9.90. The lowest BCUT2D eigenvalue weighted by atomic mass is 10.1. The molecule has 1 fully saturated rings. The molecule has 6 nitrogen and oxygen atoms in total. The van der Waals surface area contributed by atoms with Crippen molar-refractivity contribution in [2.75, 3.05) is 13.2 Å². The summed E-state index contributed by atoms with van der Waals surface area (Å²) in [6, 6.07) is 9.23. The van der Waals surface area contributed by atoms with Gasteiger partial charge < -0.3 is 18.8 Å². The molecule has 0 spiro atoms. The molecule has 1 aliphatic rings. The van der Waals surface area contributed by atoms with Gasteiger partial charge in [0.05, 0.1) is 22.8 Å². The van der Waals surface area contributed by atoms with E-state index in [0.29, 0.717) is 28.4 Å². The molecule has 0 amide bonds. The predicted molar refractivity (Wildman–Crippen MR) is 117 cm³/mol. The molecular formula is C23H25ClN2O4. The summed E-state index contributed by atoms with van der Waals surface area (Å²) in [6.07, 6.45) is -0.226. The van der Waals surface area contributed by atoms with Crippen LogP contribution in [0.1, 0.15) is 30.8 Å². The van der Waals surface area contributed by atoms with Crippen LogP contribution in [0.3, 0.4) is 0 Å². The summed E-state index contributed by atoms with van der Waals surface area (Å²) < 4.78 is 19.4. The van der Waals surface area contributed by atoms with E-state index in [1.54, 1.807) is 6.07 Å². The predicted octanol–water partition coefficient (Wildman–Crippen LogP) is 4.49. The summed E-state index contributed by atoms with van der Waals surface area (Å²) in [4.78, 5) is 17.5. The molecule has 1 aromatic carbocycles. The fourth-order valence-corrected chi connectivity index (χ4v) is 4.18. The first-order valence-corrected chi connectivity index (χ1v) is 10.3. The molecule has 0 saturated carbocycles. The number of halogens is 1. The fraction of sp³-hybridized carbons (Fsp3) is 0.391. The lowest BCUT2D eigenvalue weighted by molar-refractivity contribution is -0.141. The third-order valence-electron chi connectivity index (χ3n) is 5.16. The highest BCUT2D eigenvalue weighted by Crippen LogP contribution is 2.31. The molecule has 1 aliphatic heterocycles. The number of hydrogen-bond donors (Lipinski definition) is 0. The van der Waals surface area contributed by atoms with E-state index in [1.807, 2.05) is 63.5 Å². The van der Waals surface area contributed by atoms with Gasteiger partial charge in [-0.15, -0.1) is 0 Å². The average Bonchev–Trinajstić information content (AvgIpc) is 3.00. The normalized spacial score (nSPS) is 18.1. The molecule has 0 aliphatic carbocycles. The van der Waals surface area contributed by atoms with Crippen LogP contribution in [0.5, 0.6) is 5.88 Å². The van der Waals surface area contributed by atoms with Crippen molar-refractivity contribution in [1.82, 2.24) is 9.55 Å². The number of hydrogen-bond acceptors (Lipinski definition) is 5. The van der Waals surface area contributed by atoms with Gasteiger partial charge in [0.1, 0.15) is 18.1 Å². The standard InChI is InChI=1S/C23H25ClN2O4/c1-13-7-6-8-17(24)21(13)26-15(3)10-19(27)20-18(26)9-14(2)25-22(20)28-11-16-12-29-23(4,5)30-16/h6-10,16H,11-12H2,1-5H3. The second-order valence-electron chi connectivity index (χ2n) is 8.12. The van der Waals surface area contributed by atoms with Gasteiger partial charge in [0.15, 0.2) is 11.2 Å². The average molecular weight is 429 g/mol. The van der Waals surface area contributed by atoms with Crippen molar-refractivity contribution in [2.24, 2.45) is 0 Å². The van der Waals surface area contributed by atoms with E-state index in [2.05, 4.69) is 4.98 Å². The van der Waals surface area contributed by atoms with Gasteiger partial charge >= 0.3 is 0 Å². The number of pyridine rings is 2. The zero-order valence-electron chi connectivity index (χ0n) is 17.8. The summed E-state index contributed by atoms with van der Waals surface area (Å²) in [6.45, 7) is 10.2. The maximum absolute atomic E-state index is 13.0. The minimum Gasteiger partial charge on any atom is -0.474 e. The Kier molecular flexibility index (Phi) is 5.34.